The number of hydrogen-bond acceptors (Lipinski definition) is 4. The van der Waals surface area contributed by atoms with Crippen molar-refractivity contribution < 1.29 is 9.84 Å². The Morgan fingerprint density at radius 3 is 3.00 bits per heavy atom. The summed E-state index contributed by atoms with van der Waals surface area (Å²) in [7, 11) is 0. The van der Waals surface area contributed by atoms with Crippen molar-refractivity contribution >= 4 is 0 Å². The van der Waals surface area contributed by atoms with Crippen LogP contribution < -0.4 is 5.32 Å². The van der Waals surface area contributed by atoms with Crippen molar-refractivity contribution in [1.82, 2.24) is 10.2 Å². The summed E-state index contributed by atoms with van der Waals surface area (Å²) in [4.78, 5) is 2.40. The third kappa shape index (κ3) is 5.21. The molecule has 1 aliphatic rings. The molecule has 78 valence electrons. The normalized spacial score (nSPS) is 20.1. The molecule has 0 saturated carbocycles. The number of hydrogen-bond donors (Lipinski definition) is 2. The lowest BCUT2D eigenvalue weighted by atomic mass is 10.4. The van der Waals surface area contributed by atoms with E-state index in [0.717, 1.165) is 39.3 Å². The molecule has 0 radical (unpaired) electrons. The summed E-state index contributed by atoms with van der Waals surface area (Å²) in [5.74, 6) is 0. The van der Waals surface area contributed by atoms with E-state index in [-0.39, 0.29) is 6.61 Å². The van der Waals surface area contributed by atoms with Gasteiger partial charge in [0.25, 0.3) is 0 Å². The molecule has 0 amide bonds. The molecule has 4 nitrogen and oxygen atoms in total. The maximum absolute atomic E-state index is 8.50. The maximum atomic E-state index is 8.50. The van der Waals surface area contributed by atoms with Gasteiger partial charge in [-0.25, -0.2) is 0 Å². The van der Waals surface area contributed by atoms with Gasteiger partial charge in [0, 0.05) is 19.6 Å². The van der Waals surface area contributed by atoms with Crippen molar-refractivity contribution in [3.8, 4) is 0 Å². The minimum absolute atomic E-state index is 0.127. The molecule has 2 N–H and O–H groups in total. The Morgan fingerprint density at radius 1 is 1.23 bits per heavy atom. The van der Waals surface area contributed by atoms with Gasteiger partial charge in [-0.2, -0.15) is 0 Å². The molecule has 0 aromatic heterocycles. The molecule has 0 atom stereocenters. The minimum Gasteiger partial charge on any atom is -0.394 e. The van der Waals surface area contributed by atoms with Gasteiger partial charge in [-0.15, -0.1) is 0 Å². The van der Waals surface area contributed by atoms with E-state index in [9.17, 15) is 0 Å². The van der Waals surface area contributed by atoms with Crippen molar-refractivity contribution in [1.29, 1.82) is 0 Å². The predicted molar refractivity (Wildman–Crippen MR) is 51.8 cm³/mol. The van der Waals surface area contributed by atoms with Crippen molar-refractivity contribution in [2.75, 3.05) is 52.5 Å². The van der Waals surface area contributed by atoms with Crippen LogP contribution in [-0.4, -0.2) is 62.6 Å². The van der Waals surface area contributed by atoms with E-state index < -0.39 is 0 Å². The van der Waals surface area contributed by atoms with Crippen LogP contribution in [0.4, 0.5) is 0 Å². The molecule has 1 fully saturated rings. The van der Waals surface area contributed by atoms with Crippen LogP contribution in [0.25, 0.3) is 0 Å². The smallest absolute Gasteiger partial charge is 0.0698 e. The average Bonchev–Trinajstić information content (AvgIpc) is 2.41. The summed E-state index contributed by atoms with van der Waals surface area (Å²) < 4.78 is 5.21. The van der Waals surface area contributed by atoms with Crippen LogP contribution in [0.5, 0.6) is 0 Å². The Bertz CT molecular complexity index is 114. The van der Waals surface area contributed by atoms with E-state index in [1.165, 1.54) is 6.42 Å². The lowest BCUT2D eigenvalue weighted by Crippen LogP contribution is -2.31. The second-order valence-corrected chi connectivity index (χ2v) is 3.28. The zero-order valence-electron chi connectivity index (χ0n) is 8.17. The summed E-state index contributed by atoms with van der Waals surface area (Å²) in [6.45, 7) is 6.81. The quantitative estimate of drug-likeness (QED) is 0.560. The van der Waals surface area contributed by atoms with Gasteiger partial charge in [-0.05, 0) is 19.5 Å². The second-order valence-electron chi connectivity index (χ2n) is 3.28. The van der Waals surface area contributed by atoms with Gasteiger partial charge in [0.1, 0.15) is 0 Å². The van der Waals surface area contributed by atoms with Crippen LogP contribution in [-0.2, 0) is 4.74 Å². The fourth-order valence-corrected chi connectivity index (χ4v) is 1.49. The lowest BCUT2D eigenvalue weighted by molar-refractivity contribution is 0.0749. The first-order valence-electron chi connectivity index (χ1n) is 5.05. The van der Waals surface area contributed by atoms with E-state index in [4.69, 9.17) is 9.84 Å². The zero-order valence-corrected chi connectivity index (χ0v) is 8.17. The molecule has 0 unspecified atom stereocenters. The molecule has 1 saturated heterocycles. The Morgan fingerprint density at radius 2 is 2.15 bits per heavy atom. The van der Waals surface area contributed by atoms with Crippen LogP contribution in [0.15, 0.2) is 0 Å². The maximum Gasteiger partial charge on any atom is 0.0698 e. The number of ether oxygens (including phenoxy) is 1. The Balaban J connectivity index is 1.98. The molecule has 4 heteroatoms. The van der Waals surface area contributed by atoms with E-state index in [2.05, 4.69) is 10.2 Å². The first-order chi connectivity index (χ1) is 6.43. The van der Waals surface area contributed by atoms with E-state index in [1.807, 2.05) is 0 Å². The summed E-state index contributed by atoms with van der Waals surface area (Å²) in [5, 5.41) is 11.9. The van der Waals surface area contributed by atoms with Crippen LogP contribution in [0, 0.1) is 0 Å². The third-order valence-corrected chi connectivity index (χ3v) is 2.22. The first kappa shape index (κ1) is 10.9. The number of rotatable bonds is 5. The van der Waals surface area contributed by atoms with Gasteiger partial charge in [0.15, 0.2) is 0 Å². The summed E-state index contributed by atoms with van der Waals surface area (Å²) >= 11 is 0. The fourth-order valence-electron chi connectivity index (χ4n) is 1.49. The molecule has 0 aliphatic carbocycles. The molecule has 13 heavy (non-hydrogen) atoms. The number of nitrogens with one attached hydrogen (secondary N) is 1. The Hall–Kier alpha value is -0.160. The van der Waals surface area contributed by atoms with Crippen LogP contribution in [0.2, 0.25) is 0 Å². The van der Waals surface area contributed by atoms with Crippen LogP contribution in [0.1, 0.15) is 6.42 Å². The summed E-state index contributed by atoms with van der Waals surface area (Å²) in [5.41, 5.74) is 0. The predicted octanol–water partition coefficient (Wildman–Crippen LogP) is -0.709. The Kier molecular flexibility index (Phi) is 6.10. The second kappa shape index (κ2) is 7.26. The highest BCUT2D eigenvalue weighted by Gasteiger charge is 2.07. The van der Waals surface area contributed by atoms with Gasteiger partial charge < -0.3 is 15.2 Å². The molecule has 0 aromatic carbocycles. The molecule has 0 spiro atoms. The topological polar surface area (TPSA) is 44.7 Å². The first-order valence-corrected chi connectivity index (χ1v) is 5.05. The van der Waals surface area contributed by atoms with Gasteiger partial charge in [-0.1, -0.05) is 0 Å². The van der Waals surface area contributed by atoms with E-state index >= 15 is 0 Å². The molecule has 1 heterocycles. The van der Waals surface area contributed by atoms with E-state index in [0.29, 0.717) is 6.61 Å². The summed E-state index contributed by atoms with van der Waals surface area (Å²) in [6, 6.07) is 0. The average molecular weight is 188 g/mol. The van der Waals surface area contributed by atoms with Gasteiger partial charge in [0.05, 0.1) is 19.8 Å². The van der Waals surface area contributed by atoms with Gasteiger partial charge in [-0.3, -0.25) is 4.90 Å². The highest BCUT2D eigenvalue weighted by Crippen LogP contribution is 1.94. The van der Waals surface area contributed by atoms with Gasteiger partial charge in [0.2, 0.25) is 0 Å². The van der Waals surface area contributed by atoms with Crippen LogP contribution in [0.3, 0.4) is 0 Å². The molecule has 0 aromatic rings. The molecular weight excluding hydrogens is 168 g/mol. The Labute approximate surface area is 79.9 Å². The van der Waals surface area contributed by atoms with Crippen molar-refractivity contribution in [3.63, 3.8) is 0 Å². The van der Waals surface area contributed by atoms with Crippen LogP contribution >= 0.6 is 0 Å². The molecule has 1 rings (SSSR count). The molecule has 1 aliphatic heterocycles. The van der Waals surface area contributed by atoms with Gasteiger partial charge >= 0.3 is 0 Å². The highest BCUT2D eigenvalue weighted by molar-refractivity contribution is 4.65. The number of nitrogens with zero attached hydrogens (tertiary/aromatic N) is 1. The lowest BCUT2D eigenvalue weighted by Gasteiger charge is -2.18. The monoisotopic (exact) mass is 188 g/mol. The number of aliphatic hydroxyl groups excluding tert-OH is 1. The summed E-state index contributed by atoms with van der Waals surface area (Å²) in [6.07, 6.45) is 1.22. The molecule has 0 bridgehead atoms. The zero-order chi connectivity index (χ0) is 9.36. The van der Waals surface area contributed by atoms with Crippen molar-refractivity contribution in [2.45, 2.75) is 6.42 Å². The highest BCUT2D eigenvalue weighted by atomic mass is 16.5. The minimum atomic E-state index is 0.127. The molecular formula is C9H20N2O2. The standard InChI is InChI=1S/C9H20N2O2/c12-7-9-13-8-6-11-4-1-2-10-3-5-11/h10,12H,1-9H2. The SMILES string of the molecule is OCCOCCN1CCCNCC1. The van der Waals surface area contributed by atoms with Crippen molar-refractivity contribution in [3.05, 3.63) is 0 Å². The number of aliphatic hydroxyl groups is 1. The fraction of sp³-hybridized carbons (Fsp3) is 1.00. The van der Waals surface area contributed by atoms with E-state index in [1.54, 1.807) is 0 Å². The third-order valence-electron chi connectivity index (χ3n) is 2.22. The van der Waals surface area contributed by atoms with Crippen molar-refractivity contribution in [2.24, 2.45) is 0 Å². The largest absolute Gasteiger partial charge is 0.394 e.